The average molecular weight is 224 g/mol. The highest BCUT2D eigenvalue weighted by Gasteiger charge is 2.54. The zero-order valence-corrected chi connectivity index (χ0v) is 10.4. The number of rotatable bonds is 1. The van der Waals surface area contributed by atoms with E-state index in [0.717, 1.165) is 30.9 Å². The van der Waals surface area contributed by atoms with Crippen LogP contribution in [-0.2, 0) is 4.74 Å². The molecule has 3 heteroatoms. The minimum absolute atomic E-state index is 0.254. The molecule has 2 bridgehead atoms. The second-order valence-electron chi connectivity index (χ2n) is 6.12. The first kappa shape index (κ1) is 11.0. The van der Waals surface area contributed by atoms with Crippen molar-refractivity contribution in [3.63, 3.8) is 0 Å². The smallest absolute Gasteiger partial charge is 0.0884 e. The molecule has 2 saturated carbocycles. The Hall–Kier alpha value is -0.120. The summed E-state index contributed by atoms with van der Waals surface area (Å²) in [5.41, 5.74) is 6.43. The van der Waals surface area contributed by atoms with Crippen LogP contribution in [0.15, 0.2) is 0 Å². The van der Waals surface area contributed by atoms with Crippen molar-refractivity contribution >= 4 is 0 Å². The van der Waals surface area contributed by atoms with Gasteiger partial charge in [-0.2, -0.15) is 0 Å². The average Bonchev–Trinajstić information content (AvgIpc) is 2.67. The number of nitrogens with one attached hydrogen (secondary N) is 1. The van der Waals surface area contributed by atoms with Gasteiger partial charge in [-0.25, -0.2) is 0 Å². The van der Waals surface area contributed by atoms with Gasteiger partial charge in [-0.3, -0.25) is 0 Å². The second-order valence-corrected chi connectivity index (χ2v) is 6.12. The van der Waals surface area contributed by atoms with Crippen LogP contribution < -0.4 is 11.1 Å². The number of morpholine rings is 1. The van der Waals surface area contributed by atoms with Crippen LogP contribution in [0.5, 0.6) is 0 Å². The zero-order valence-electron chi connectivity index (χ0n) is 10.4. The number of hydrogen-bond donors (Lipinski definition) is 2. The van der Waals surface area contributed by atoms with Crippen molar-refractivity contribution in [1.82, 2.24) is 5.32 Å². The molecule has 2 aliphatic carbocycles. The number of hydrogen-bond acceptors (Lipinski definition) is 3. The van der Waals surface area contributed by atoms with E-state index in [1.165, 1.54) is 12.8 Å². The first-order chi connectivity index (χ1) is 7.70. The highest BCUT2D eigenvalue weighted by Crippen LogP contribution is 2.50. The lowest BCUT2D eigenvalue weighted by Crippen LogP contribution is -2.65. The molecule has 0 aromatic carbocycles. The highest BCUT2D eigenvalue weighted by atomic mass is 16.5. The molecule has 0 aromatic rings. The third kappa shape index (κ3) is 1.45. The molecule has 1 aliphatic heterocycles. The lowest BCUT2D eigenvalue weighted by atomic mass is 9.67. The summed E-state index contributed by atoms with van der Waals surface area (Å²) in [6.07, 6.45) is 2.94. The van der Waals surface area contributed by atoms with Crippen molar-refractivity contribution in [2.45, 2.75) is 44.9 Å². The third-order valence-corrected chi connectivity index (χ3v) is 5.07. The van der Waals surface area contributed by atoms with Gasteiger partial charge in [-0.1, -0.05) is 13.8 Å². The largest absolute Gasteiger partial charge is 0.374 e. The summed E-state index contributed by atoms with van der Waals surface area (Å²) in [7, 11) is 0. The molecular weight excluding hydrogens is 200 g/mol. The number of ether oxygens (including phenoxy) is 1. The Morgan fingerprint density at radius 2 is 2.00 bits per heavy atom. The van der Waals surface area contributed by atoms with Crippen molar-refractivity contribution in [3.8, 4) is 0 Å². The van der Waals surface area contributed by atoms with Crippen LogP contribution in [0.4, 0.5) is 0 Å². The molecular formula is C13H24N2O. The highest BCUT2D eigenvalue weighted by molar-refractivity contribution is 5.08. The molecule has 16 heavy (non-hydrogen) atoms. The summed E-state index contributed by atoms with van der Waals surface area (Å²) in [6, 6.07) is 0.777. The Balaban J connectivity index is 1.88. The minimum Gasteiger partial charge on any atom is -0.374 e. The van der Waals surface area contributed by atoms with Gasteiger partial charge in [-0.15, -0.1) is 0 Å². The van der Waals surface area contributed by atoms with E-state index in [-0.39, 0.29) is 12.1 Å². The zero-order chi connectivity index (χ0) is 11.3. The summed E-state index contributed by atoms with van der Waals surface area (Å²) in [6.45, 7) is 6.54. The summed E-state index contributed by atoms with van der Waals surface area (Å²) >= 11 is 0. The van der Waals surface area contributed by atoms with Gasteiger partial charge < -0.3 is 15.8 Å². The van der Waals surface area contributed by atoms with E-state index in [1.54, 1.807) is 0 Å². The first-order valence-corrected chi connectivity index (χ1v) is 6.80. The monoisotopic (exact) mass is 224 g/mol. The normalized spacial score (nSPS) is 51.8. The van der Waals surface area contributed by atoms with E-state index >= 15 is 0 Å². The van der Waals surface area contributed by atoms with Crippen molar-refractivity contribution in [1.29, 1.82) is 0 Å². The van der Waals surface area contributed by atoms with Gasteiger partial charge in [0.1, 0.15) is 0 Å². The number of fused-ring (bicyclic) bond motifs is 4. The van der Waals surface area contributed by atoms with Crippen LogP contribution in [0.1, 0.15) is 26.7 Å². The quantitative estimate of drug-likeness (QED) is 0.698. The van der Waals surface area contributed by atoms with Crippen LogP contribution >= 0.6 is 0 Å². The first-order valence-electron chi connectivity index (χ1n) is 6.80. The molecule has 1 unspecified atom stereocenters. The minimum atomic E-state index is 0.254. The van der Waals surface area contributed by atoms with E-state index in [4.69, 9.17) is 10.5 Å². The van der Waals surface area contributed by atoms with Crippen molar-refractivity contribution in [3.05, 3.63) is 0 Å². The molecule has 3 N–H and O–H groups in total. The van der Waals surface area contributed by atoms with E-state index in [1.807, 2.05) is 0 Å². The molecule has 3 nitrogen and oxygen atoms in total. The third-order valence-electron chi connectivity index (χ3n) is 5.07. The van der Waals surface area contributed by atoms with Gasteiger partial charge in [0.25, 0.3) is 0 Å². The van der Waals surface area contributed by atoms with Gasteiger partial charge in [0, 0.05) is 18.6 Å². The van der Waals surface area contributed by atoms with Gasteiger partial charge in [0.2, 0.25) is 0 Å². The van der Waals surface area contributed by atoms with Gasteiger partial charge in [0.15, 0.2) is 0 Å². The maximum atomic E-state index is 6.43. The predicted molar refractivity (Wildman–Crippen MR) is 64.0 cm³/mol. The molecule has 0 radical (unpaired) electrons. The fraction of sp³-hybridized carbons (Fsp3) is 1.00. The van der Waals surface area contributed by atoms with Crippen molar-refractivity contribution in [2.75, 3.05) is 13.2 Å². The van der Waals surface area contributed by atoms with Crippen LogP contribution in [0, 0.1) is 23.7 Å². The molecule has 92 valence electrons. The van der Waals surface area contributed by atoms with E-state index in [0.29, 0.717) is 12.0 Å². The molecule has 1 saturated heterocycles. The lowest BCUT2D eigenvalue weighted by Gasteiger charge is -2.49. The molecule has 0 amide bonds. The molecule has 0 aromatic heterocycles. The van der Waals surface area contributed by atoms with Crippen molar-refractivity contribution in [2.24, 2.45) is 29.4 Å². The van der Waals surface area contributed by atoms with Crippen LogP contribution in [-0.4, -0.2) is 31.3 Å². The molecule has 3 fully saturated rings. The Morgan fingerprint density at radius 1 is 1.25 bits per heavy atom. The van der Waals surface area contributed by atoms with Crippen LogP contribution in [0.3, 0.4) is 0 Å². The molecule has 6 atom stereocenters. The second kappa shape index (κ2) is 3.97. The van der Waals surface area contributed by atoms with E-state index in [9.17, 15) is 0 Å². The van der Waals surface area contributed by atoms with Gasteiger partial charge in [0.05, 0.1) is 12.7 Å². The van der Waals surface area contributed by atoms with E-state index < -0.39 is 0 Å². The Kier molecular flexibility index (Phi) is 2.73. The fourth-order valence-corrected chi connectivity index (χ4v) is 4.57. The Labute approximate surface area is 98.1 Å². The molecule has 3 rings (SSSR count). The standard InChI is InChI=1S/C13H24N2O/c1-7(2)10-8-3-4-9(10)12-13(11(8)14)16-6-5-15-12/h7-13,15H,3-6,14H2,1-2H3/t8-,9+,10?,11-,12-,13+/m0/s1. The number of nitrogens with two attached hydrogens (primary N) is 1. The Morgan fingerprint density at radius 3 is 2.75 bits per heavy atom. The summed E-state index contributed by atoms with van der Waals surface area (Å²) in [4.78, 5) is 0. The maximum Gasteiger partial charge on any atom is 0.0884 e. The summed E-state index contributed by atoms with van der Waals surface area (Å²) in [5, 5.41) is 3.66. The van der Waals surface area contributed by atoms with Crippen LogP contribution in [0.25, 0.3) is 0 Å². The lowest BCUT2D eigenvalue weighted by molar-refractivity contribution is -0.0809. The van der Waals surface area contributed by atoms with Gasteiger partial charge >= 0.3 is 0 Å². The van der Waals surface area contributed by atoms with Crippen molar-refractivity contribution < 1.29 is 4.74 Å². The topological polar surface area (TPSA) is 47.3 Å². The molecule has 0 spiro atoms. The summed E-state index contributed by atoms with van der Waals surface area (Å²) in [5.74, 6) is 3.07. The van der Waals surface area contributed by atoms with Crippen LogP contribution in [0.2, 0.25) is 0 Å². The predicted octanol–water partition coefficient (Wildman–Crippen LogP) is 0.983. The van der Waals surface area contributed by atoms with Gasteiger partial charge in [-0.05, 0) is 36.5 Å². The molecule has 1 heterocycles. The molecule has 3 aliphatic rings. The summed E-state index contributed by atoms with van der Waals surface area (Å²) < 4.78 is 5.92. The maximum absolute atomic E-state index is 6.43. The fourth-order valence-electron chi connectivity index (χ4n) is 4.57. The Bertz CT molecular complexity index is 269. The van der Waals surface area contributed by atoms with E-state index in [2.05, 4.69) is 19.2 Å². The SMILES string of the molecule is CC(C)C1[C@H]2CC[C@@H]1[C@H](N)[C@H]1OCCN[C@H]12.